The van der Waals surface area contributed by atoms with Crippen LogP contribution in [0.5, 0.6) is 0 Å². The lowest BCUT2D eigenvalue weighted by molar-refractivity contribution is -0.146. The van der Waals surface area contributed by atoms with Crippen LogP contribution in [-0.4, -0.2) is 36.2 Å². The monoisotopic (exact) mass is 375 g/mol. The molecule has 0 spiro atoms. The van der Waals surface area contributed by atoms with E-state index in [1.54, 1.807) is 30.0 Å². The maximum Gasteiger partial charge on any atom is 0.310 e. The number of amides is 1. The molecule has 1 amide bonds. The lowest BCUT2D eigenvalue weighted by Gasteiger charge is -2.25. The van der Waals surface area contributed by atoms with E-state index in [1.807, 2.05) is 30.3 Å². The van der Waals surface area contributed by atoms with Gasteiger partial charge in [-0.15, -0.1) is 11.8 Å². The highest BCUT2D eigenvalue weighted by molar-refractivity contribution is 8.00. The standard InChI is InChI=1S/C20H22FNO3S/c1-15(20(24)25-2)12-22(13-16-8-4-3-5-9-16)19(23)14-26-18-11-7-6-10-17(18)21/h3-11,15H,12-14H2,1-2H3. The van der Waals surface area contributed by atoms with E-state index in [-0.39, 0.29) is 30.0 Å². The van der Waals surface area contributed by atoms with Crippen molar-refractivity contribution in [2.24, 2.45) is 5.92 Å². The van der Waals surface area contributed by atoms with Crippen molar-refractivity contribution >= 4 is 23.6 Å². The fourth-order valence-corrected chi connectivity index (χ4v) is 3.30. The third kappa shape index (κ3) is 5.88. The van der Waals surface area contributed by atoms with Gasteiger partial charge in [-0.1, -0.05) is 49.4 Å². The average Bonchev–Trinajstić information content (AvgIpc) is 2.66. The van der Waals surface area contributed by atoms with Crippen LogP contribution in [0, 0.1) is 11.7 Å². The Morgan fingerprint density at radius 3 is 2.42 bits per heavy atom. The summed E-state index contributed by atoms with van der Waals surface area (Å²) in [5.41, 5.74) is 0.966. The zero-order chi connectivity index (χ0) is 18.9. The summed E-state index contributed by atoms with van der Waals surface area (Å²) in [7, 11) is 1.33. The molecule has 0 saturated heterocycles. The molecule has 1 atom stereocenters. The summed E-state index contributed by atoms with van der Waals surface area (Å²) in [6.07, 6.45) is 0. The molecule has 0 aliphatic rings. The SMILES string of the molecule is COC(=O)C(C)CN(Cc1ccccc1)C(=O)CSc1ccccc1F. The Hall–Kier alpha value is -2.34. The van der Waals surface area contributed by atoms with E-state index in [1.165, 1.54) is 13.2 Å². The van der Waals surface area contributed by atoms with Gasteiger partial charge in [-0.3, -0.25) is 9.59 Å². The fourth-order valence-electron chi connectivity index (χ4n) is 2.46. The molecule has 138 valence electrons. The number of rotatable bonds is 8. The minimum absolute atomic E-state index is 0.0989. The highest BCUT2D eigenvalue weighted by atomic mass is 32.2. The Balaban J connectivity index is 2.07. The summed E-state index contributed by atoms with van der Waals surface area (Å²) < 4.78 is 18.5. The van der Waals surface area contributed by atoms with Crippen LogP contribution in [0.2, 0.25) is 0 Å². The molecule has 0 radical (unpaired) electrons. The van der Waals surface area contributed by atoms with Crippen molar-refractivity contribution in [3.05, 3.63) is 66.0 Å². The topological polar surface area (TPSA) is 46.6 Å². The Morgan fingerprint density at radius 2 is 1.77 bits per heavy atom. The zero-order valence-electron chi connectivity index (χ0n) is 14.9. The van der Waals surface area contributed by atoms with Gasteiger partial charge in [-0.25, -0.2) is 4.39 Å². The van der Waals surface area contributed by atoms with Crippen molar-refractivity contribution in [3.63, 3.8) is 0 Å². The van der Waals surface area contributed by atoms with Gasteiger partial charge in [0.25, 0.3) is 0 Å². The number of nitrogens with zero attached hydrogens (tertiary/aromatic N) is 1. The number of carbonyl (C=O) groups is 2. The van der Waals surface area contributed by atoms with Gasteiger partial charge in [0.2, 0.25) is 5.91 Å². The zero-order valence-corrected chi connectivity index (χ0v) is 15.7. The summed E-state index contributed by atoms with van der Waals surface area (Å²) in [6, 6.07) is 15.9. The number of esters is 1. The summed E-state index contributed by atoms with van der Waals surface area (Å²) in [4.78, 5) is 26.5. The molecule has 4 nitrogen and oxygen atoms in total. The largest absolute Gasteiger partial charge is 0.469 e. The van der Waals surface area contributed by atoms with E-state index in [2.05, 4.69) is 0 Å². The highest BCUT2D eigenvalue weighted by Crippen LogP contribution is 2.22. The molecule has 0 aliphatic heterocycles. The predicted molar refractivity (Wildman–Crippen MR) is 100 cm³/mol. The van der Waals surface area contributed by atoms with E-state index < -0.39 is 5.92 Å². The third-order valence-corrected chi connectivity index (χ3v) is 4.89. The predicted octanol–water partition coefficient (Wildman–Crippen LogP) is 3.76. The van der Waals surface area contributed by atoms with Crippen LogP contribution < -0.4 is 0 Å². The van der Waals surface area contributed by atoms with Crippen molar-refractivity contribution in [2.45, 2.75) is 18.4 Å². The van der Waals surface area contributed by atoms with Crippen molar-refractivity contribution in [1.82, 2.24) is 4.90 Å². The van der Waals surface area contributed by atoms with Gasteiger partial charge in [0.15, 0.2) is 0 Å². The van der Waals surface area contributed by atoms with Crippen molar-refractivity contribution < 1.29 is 18.7 Å². The van der Waals surface area contributed by atoms with Crippen LogP contribution in [0.4, 0.5) is 4.39 Å². The first-order chi connectivity index (χ1) is 12.5. The van der Waals surface area contributed by atoms with E-state index in [9.17, 15) is 14.0 Å². The summed E-state index contributed by atoms with van der Waals surface area (Å²) in [5.74, 6) is -1.20. The van der Waals surface area contributed by atoms with E-state index in [4.69, 9.17) is 4.74 Å². The molecule has 2 aromatic rings. The first-order valence-corrected chi connectivity index (χ1v) is 9.26. The Morgan fingerprint density at radius 1 is 1.12 bits per heavy atom. The molecule has 0 bridgehead atoms. The third-order valence-electron chi connectivity index (χ3n) is 3.85. The average molecular weight is 375 g/mol. The molecule has 0 fully saturated rings. The van der Waals surface area contributed by atoms with Gasteiger partial charge in [-0.2, -0.15) is 0 Å². The van der Waals surface area contributed by atoms with Crippen LogP contribution in [0.15, 0.2) is 59.5 Å². The first kappa shape index (κ1) is 20.0. The molecule has 2 rings (SSSR count). The molecule has 0 aromatic heterocycles. The number of thioether (sulfide) groups is 1. The molecule has 26 heavy (non-hydrogen) atoms. The molecule has 1 unspecified atom stereocenters. The molecular formula is C20H22FNO3S. The Kier molecular flexibility index (Phi) is 7.66. The van der Waals surface area contributed by atoms with Gasteiger partial charge in [0.05, 0.1) is 18.8 Å². The molecule has 0 aliphatic carbocycles. The second-order valence-electron chi connectivity index (χ2n) is 5.90. The van der Waals surface area contributed by atoms with Crippen LogP contribution in [0.1, 0.15) is 12.5 Å². The smallest absolute Gasteiger partial charge is 0.310 e. The van der Waals surface area contributed by atoms with Crippen LogP contribution in [0.25, 0.3) is 0 Å². The number of methoxy groups -OCH3 is 1. The normalized spacial score (nSPS) is 11.7. The van der Waals surface area contributed by atoms with Crippen molar-refractivity contribution in [1.29, 1.82) is 0 Å². The molecule has 2 aromatic carbocycles. The van der Waals surface area contributed by atoms with Gasteiger partial charge in [0.1, 0.15) is 5.82 Å². The van der Waals surface area contributed by atoms with Gasteiger partial charge in [0, 0.05) is 18.0 Å². The maximum atomic E-state index is 13.7. The lowest BCUT2D eigenvalue weighted by Crippen LogP contribution is -2.37. The molecule has 0 heterocycles. The molecule has 0 N–H and O–H groups in total. The number of carbonyl (C=O) groups excluding carboxylic acids is 2. The van der Waals surface area contributed by atoms with Crippen LogP contribution in [0.3, 0.4) is 0 Å². The summed E-state index contributed by atoms with van der Waals surface area (Å²) in [5, 5.41) is 0. The minimum Gasteiger partial charge on any atom is -0.469 e. The number of hydrogen-bond donors (Lipinski definition) is 0. The Labute approximate surface area is 157 Å². The van der Waals surface area contributed by atoms with Crippen LogP contribution in [-0.2, 0) is 20.9 Å². The minimum atomic E-state index is -0.439. The fraction of sp³-hybridized carbons (Fsp3) is 0.300. The quantitative estimate of drug-likeness (QED) is 0.521. The molecule has 0 saturated carbocycles. The van der Waals surface area contributed by atoms with E-state index in [0.29, 0.717) is 11.4 Å². The van der Waals surface area contributed by atoms with Crippen LogP contribution >= 0.6 is 11.8 Å². The van der Waals surface area contributed by atoms with E-state index >= 15 is 0 Å². The van der Waals surface area contributed by atoms with Gasteiger partial charge < -0.3 is 9.64 Å². The maximum absolute atomic E-state index is 13.7. The summed E-state index contributed by atoms with van der Waals surface area (Å²) >= 11 is 1.15. The second-order valence-corrected chi connectivity index (χ2v) is 6.92. The number of benzene rings is 2. The molecule has 6 heteroatoms. The number of ether oxygens (including phenoxy) is 1. The summed E-state index contributed by atoms with van der Waals surface area (Å²) in [6.45, 7) is 2.36. The Bertz CT molecular complexity index is 739. The second kappa shape index (κ2) is 9.97. The number of halogens is 1. The van der Waals surface area contributed by atoms with Crippen molar-refractivity contribution in [2.75, 3.05) is 19.4 Å². The first-order valence-electron chi connectivity index (χ1n) is 8.28. The number of hydrogen-bond acceptors (Lipinski definition) is 4. The van der Waals surface area contributed by atoms with Gasteiger partial charge >= 0.3 is 5.97 Å². The van der Waals surface area contributed by atoms with Crippen molar-refractivity contribution in [3.8, 4) is 0 Å². The van der Waals surface area contributed by atoms with E-state index in [0.717, 1.165) is 17.3 Å². The lowest BCUT2D eigenvalue weighted by atomic mass is 10.1. The van der Waals surface area contributed by atoms with Gasteiger partial charge in [-0.05, 0) is 17.7 Å². The molecular weight excluding hydrogens is 353 g/mol. The highest BCUT2D eigenvalue weighted by Gasteiger charge is 2.22.